The van der Waals surface area contributed by atoms with Crippen LogP contribution in [0.5, 0.6) is 0 Å². The van der Waals surface area contributed by atoms with Gasteiger partial charge in [0, 0.05) is 32.7 Å². The minimum absolute atomic E-state index is 0.0946. The number of ether oxygens (including phenoxy) is 1. The summed E-state index contributed by atoms with van der Waals surface area (Å²) in [6.07, 6.45) is 2.99. The number of rotatable bonds is 7. The van der Waals surface area contributed by atoms with Gasteiger partial charge in [-0.2, -0.15) is 0 Å². The third-order valence-corrected chi connectivity index (χ3v) is 6.59. The first kappa shape index (κ1) is 24.5. The second-order valence-electron chi connectivity index (χ2n) is 10.3. The molecule has 1 aliphatic heterocycles. The van der Waals surface area contributed by atoms with E-state index in [0.717, 1.165) is 44.5 Å². The summed E-state index contributed by atoms with van der Waals surface area (Å²) in [5.74, 6) is 0.665. The standard InChI is InChI=1S/C25H38FN3O3/c1-6-7-22(28(5)24(31)32-25(2,3)4)23(30)27-21-13-10-18-15-29(16-20(18)21)14-17-8-11-19(26)12-9-17/h8-9,11-12,18,20-22H,6-7,10,13-16H2,1-5H3,(H,27,30)/t18-,20+,21+,22-/m0/s1. The molecule has 0 aromatic heterocycles. The Balaban J connectivity index is 1.58. The summed E-state index contributed by atoms with van der Waals surface area (Å²) in [4.78, 5) is 29.6. The van der Waals surface area contributed by atoms with Crippen molar-refractivity contribution in [3.63, 3.8) is 0 Å². The smallest absolute Gasteiger partial charge is 0.410 e. The largest absolute Gasteiger partial charge is 0.444 e. The van der Waals surface area contributed by atoms with Crippen LogP contribution < -0.4 is 5.32 Å². The van der Waals surface area contributed by atoms with Crippen LogP contribution in [0.3, 0.4) is 0 Å². The molecule has 3 rings (SSSR count). The van der Waals surface area contributed by atoms with Gasteiger partial charge >= 0.3 is 6.09 Å². The molecule has 1 aliphatic carbocycles. The average molecular weight is 448 g/mol. The van der Waals surface area contributed by atoms with Gasteiger partial charge in [-0.15, -0.1) is 0 Å². The van der Waals surface area contributed by atoms with Gasteiger partial charge in [-0.1, -0.05) is 25.5 Å². The van der Waals surface area contributed by atoms with Gasteiger partial charge in [-0.25, -0.2) is 9.18 Å². The number of carbonyl (C=O) groups is 2. The highest BCUT2D eigenvalue weighted by Crippen LogP contribution is 2.38. The lowest BCUT2D eigenvalue weighted by Gasteiger charge is -2.31. The average Bonchev–Trinajstić information content (AvgIpc) is 3.27. The molecule has 7 heteroatoms. The molecule has 178 valence electrons. The highest BCUT2D eigenvalue weighted by atomic mass is 19.1. The lowest BCUT2D eigenvalue weighted by molar-refractivity contribution is -0.127. The molecule has 0 radical (unpaired) electrons. The molecular formula is C25H38FN3O3. The molecule has 32 heavy (non-hydrogen) atoms. The summed E-state index contributed by atoms with van der Waals surface area (Å²) in [7, 11) is 1.64. The van der Waals surface area contributed by atoms with Crippen molar-refractivity contribution in [1.82, 2.24) is 15.1 Å². The molecule has 6 nitrogen and oxygen atoms in total. The van der Waals surface area contributed by atoms with Crippen molar-refractivity contribution in [3.05, 3.63) is 35.6 Å². The maximum absolute atomic E-state index is 13.2. The fourth-order valence-corrected chi connectivity index (χ4v) is 5.03. The van der Waals surface area contributed by atoms with Gasteiger partial charge in [0.25, 0.3) is 0 Å². The van der Waals surface area contributed by atoms with E-state index in [4.69, 9.17) is 4.74 Å². The van der Waals surface area contributed by atoms with E-state index in [-0.39, 0.29) is 17.8 Å². The first-order valence-electron chi connectivity index (χ1n) is 11.8. The van der Waals surface area contributed by atoms with E-state index in [1.54, 1.807) is 7.05 Å². The van der Waals surface area contributed by atoms with Crippen LogP contribution >= 0.6 is 0 Å². The fraction of sp³-hybridized carbons (Fsp3) is 0.680. The maximum atomic E-state index is 13.2. The summed E-state index contributed by atoms with van der Waals surface area (Å²) >= 11 is 0. The Morgan fingerprint density at radius 3 is 2.53 bits per heavy atom. The Kier molecular flexibility index (Phi) is 7.80. The van der Waals surface area contributed by atoms with Crippen LogP contribution in [-0.2, 0) is 16.1 Å². The Hall–Kier alpha value is -2.15. The molecule has 2 aliphatic rings. The minimum atomic E-state index is -0.602. The van der Waals surface area contributed by atoms with E-state index in [1.165, 1.54) is 17.0 Å². The molecule has 1 heterocycles. The normalized spacial score (nSPS) is 24.1. The van der Waals surface area contributed by atoms with Crippen LogP contribution in [-0.4, -0.2) is 59.6 Å². The van der Waals surface area contributed by atoms with Crippen molar-refractivity contribution in [2.45, 2.75) is 77.6 Å². The molecule has 4 atom stereocenters. The number of carbonyl (C=O) groups excluding carboxylic acids is 2. The SMILES string of the molecule is CCC[C@@H](C(=O)N[C@@H]1CC[C@H]2CN(Cc3ccc(F)cc3)C[C@H]21)N(C)C(=O)OC(C)(C)C. The van der Waals surface area contributed by atoms with Gasteiger partial charge in [0.1, 0.15) is 17.5 Å². The molecule has 0 bridgehead atoms. The Morgan fingerprint density at radius 1 is 1.22 bits per heavy atom. The summed E-state index contributed by atoms with van der Waals surface area (Å²) in [5, 5.41) is 3.26. The van der Waals surface area contributed by atoms with Crippen molar-refractivity contribution in [2.24, 2.45) is 11.8 Å². The van der Waals surface area contributed by atoms with Crippen molar-refractivity contribution < 1.29 is 18.7 Å². The van der Waals surface area contributed by atoms with E-state index in [1.807, 2.05) is 39.8 Å². The van der Waals surface area contributed by atoms with Gasteiger partial charge in [-0.3, -0.25) is 14.6 Å². The van der Waals surface area contributed by atoms with Crippen molar-refractivity contribution in [1.29, 1.82) is 0 Å². The highest BCUT2D eigenvalue weighted by molar-refractivity contribution is 5.85. The molecule has 1 aromatic rings. The molecule has 0 unspecified atom stereocenters. The number of amides is 2. The van der Waals surface area contributed by atoms with E-state index >= 15 is 0 Å². The predicted molar refractivity (Wildman–Crippen MR) is 123 cm³/mol. The lowest BCUT2D eigenvalue weighted by Crippen LogP contribution is -2.52. The quantitative estimate of drug-likeness (QED) is 0.681. The Bertz CT molecular complexity index is 793. The zero-order chi connectivity index (χ0) is 23.5. The van der Waals surface area contributed by atoms with Crippen molar-refractivity contribution in [3.8, 4) is 0 Å². The number of halogens is 1. The first-order valence-corrected chi connectivity index (χ1v) is 11.8. The van der Waals surface area contributed by atoms with Gasteiger partial charge in [0.15, 0.2) is 0 Å². The van der Waals surface area contributed by atoms with Crippen LogP contribution in [0.2, 0.25) is 0 Å². The van der Waals surface area contributed by atoms with E-state index < -0.39 is 17.7 Å². The molecular weight excluding hydrogens is 409 g/mol. The molecule has 1 saturated carbocycles. The van der Waals surface area contributed by atoms with Crippen molar-refractivity contribution >= 4 is 12.0 Å². The van der Waals surface area contributed by atoms with E-state index in [0.29, 0.717) is 18.3 Å². The number of nitrogens with zero attached hydrogens (tertiary/aromatic N) is 2. The third-order valence-electron chi connectivity index (χ3n) is 6.59. The molecule has 2 fully saturated rings. The monoisotopic (exact) mass is 447 g/mol. The first-order chi connectivity index (χ1) is 15.1. The number of nitrogens with one attached hydrogen (secondary N) is 1. The highest BCUT2D eigenvalue weighted by Gasteiger charge is 2.44. The predicted octanol–water partition coefficient (Wildman–Crippen LogP) is 4.19. The number of likely N-dealkylation sites (N-methyl/N-ethyl adjacent to an activating group) is 1. The lowest BCUT2D eigenvalue weighted by atomic mass is 9.97. The second-order valence-corrected chi connectivity index (χ2v) is 10.3. The molecule has 1 N–H and O–H groups in total. The summed E-state index contributed by atoms with van der Waals surface area (Å²) < 4.78 is 18.7. The third kappa shape index (κ3) is 6.21. The summed E-state index contributed by atoms with van der Waals surface area (Å²) in [6, 6.07) is 6.27. The number of benzene rings is 1. The fourth-order valence-electron chi connectivity index (χ4n) is 5.03. The summed E-state index contributed by atoms with van der Waals surface area (Å²) in [5.41, 5.74) is 0.503. The Morgan fingerprint density at radius 2 is 1.91 bits per heavy atom. The second kappa shape index (κ2) is 10.2. The number of hydrogen-bond acceptors (Lipinski definition) is 4. The van der Waals surface area contributed by atoms with Crippen LogP contribution in [0.4, 0.5) is 9.18 Å². The zero-order valence-corrected chi connectivity index (χ0v) is 20.1. The van der Waals surface area contributed by atoms with Crippen LogP contribution in [0.1, 0.15) is 58.9 Å². The summed E-state index contributed by atoms with van der Waals surface area (Å²) in [6.45, 7) is 10.2. The number of hydrogen-bond donors (Lipinski definition) is 1. The van der Waals surface area contributed by atoms with E-state index in [9.17, 15) is 14.0 Å². The van der Waals surface area contributed by atoms with Crippen LogP contribution in [0.25, 0.3) is 0 Å². The number of likely N-dealkylation sites (tertiary alicyclic amines) is 1. The van der Waals surface area contributed by atoms with Gasteiger partial charge in [0.05, 0.1) is 0 Å². The molecule has 1 saturated heterocycles. The zero-order valence-electron chi connectivity index (χ0n) is 20.1. The minimum Gasteiger partial charge on any atom is -0.444 e. The molecule has 0 spiro atoms. The molecule has 2 amide bonds. The van der Waals surface area contributed by atoms with Crippen LogP contribution in [0.15, 0.2) is 24.3 Å². The van der Waals surface area contributed by atoms with Gasteiger partial charge < -0.3 is 10.1 Å². The van der Waals surface area contributed by atoms with Crippen molar-refractivity contribution in [2.75, 3.05) is 20.1 Å². The van der Waals surface area contributed by atoms with Gasteiger partial charge in [-0.05, 0) is 69.6 Å². The maximum Gasteiger partial charge on any atom is 0.410 e. The van der Waals surface area contributed by atoms with Gasteiger partial charge in [0.2, 0.25) is 5.91 Å². The Labute approximate surface area is 191 Å². The topological polar surface area (TPSA) is 61.9 Å². The van der Waals surface area contributed by atoms with E-state index in [2.05, 4.69) is 10.2 Å². The van der Waals surface area contributed by atoms with Crippen LogP contribution in [0, 0.1) is 17.7 Å². The number of fused-ring (bicyclic) bond motifs is 1. The molecule has 1 aromatic carbocycles.